The molecule has 4 heteroatoms. The number of hydrogen-bond donors (Lipinski definition) is 2. The third kappa shape index (κ3) is 3.95. The molecule has 0 spiro atoms. The largest absolute Gasteiger partial charge is 0.352 e. The molecule has 2 rings (SSSR count). The number of carbonyl (C=O) groups is 1. The Morgan fingerprint density at radius 3 is 2.72 bits per heavy atom. The number of nitrogens with one attached hydrogen (secondary N) is 1. The minimum atomic E-state index is 0.148. The minimum Gasteiger partial charge on any atom is -0.352 e. The molecule has 0 bridgehead atoms. The average molecular weight is 253 g/mol. The molecule has 0 aromatic carbocycles. The van der Waals surface area contributed by atoms with Gasteiger partial charge in [0, 0.05) is 24.5 Å². The lowest BCUT2D eigenvalue weighted by Gasteiger charge is -2.28. The number of likely N-dealkylation sites (tertiary alicyclic amines) is 1. The fraction of sp³-hybridized carbons (Fsp3) is 0.929. The number of amides is 1. The highest BCUT2D eigenvalue weighted by Gasteiger charge is 2.26. The van der Waals surface area contributed by atoms with Crippen molar-refractivity contribution in [1.29, 1.82) is 0 Å². The van der Waals surface area contributed by atoms with Gasteiger partial charge in [-0.25, -0.2) is 0 Å². The zero-order chi connectivity index (χ0) is 13.0. The van der Waals surface area contributed by atoms with Crippen LogP contribution in [0.15, 0.2) is 0 Å². The number of nitrogens with zero attached hydrogens (tertiary/aromatic N) is 1. The maximum atomic E-state index is 12.1. The van der Waals surface area contributed by atoms with Crippen LogP contribution in [0.4, 0.5) is 0 Å². The lowest BCUT2D eigenvalue weighted by Crippen LogP contribution is -2.45. The number of rotatable bonds is 4. The van der Waals surface area contributed by atoms with Crippen LogP contribution in [0.5, 0.6) is 0 Å². The van der Waals surface area contributed by atoms with Crippen molar-refractivity contribution in [2.45, 2.75) is 57.5 Å². The molecule has 0 radical (unpaired) electrons. The predicted molar refractivity (Wildman–Crippen MR) is 73.2 cm³/mol. The summed E-state index contributed by atoms with van der Waals surface area (Å²) in [6, 6.07) is 0.483. The quantitative estimate of drug-likeness (QED) is 0.789. The first-order chi connectivity index (χ1) is 8.65. The predicted octanol–water partition coefficient (Wildman–Crippen LogP) is 1.10. The van der Waals surface area contributed by atoms with Crippen LogP contribution in [0.2, 0.25) is 0 Å². The second-order valence-corrected chi connectivity index (χ2v) is 6.04. The first kappa shape index (κ1) is 13.8. The molecule has 3 unspecified atom stereocenters. The summed E-state index contributed by atoms with van der Waals surface area (Å²) < 4.78 is 0. The highest BCUT2D eigenvalue weighted by Crippen LogP contribution is 2.23. The lowest BCUT2D eigenvalue weighted by atomic mass is 9.85. The van der Waals surface area contributed by atoms with E-state index in [0.717, 1.165) is 32.2 Å². The molecule has 1 amide bonds. The van der Waals surface area contributed by atoms with Crippen LogP contribution in [-0.4, -0.2) is 42.5 Å². The molecule has 1 saturated heterocycles. The van der Waals surface area contributed by atoms with Gasteiger partial charge in [0.1, 0.15) is 0 Å². The maximum Gasteiger partial charge on any atom is 0.223 e. The van der Waals surface area contributed by atoms with Gasteiger partial charge in [-0.15, -0.1) is 0 Å². The Labute approximate surface area is 110 Å². The summed E-state index contributed by atoms with van der Waals surface area (Å²) in [5, 5.41) is 3.16. The van der Waals surface area contributed by atoms with Gasteiger partial charge in [-0.2, -0.15) is 0 Å². The molecular weight excluding hydrogens is 226 g/mol. The van der Waals surface area contributed by atoms with E-state index in [1.165, 1.54) is 25.9 Å². The molecule has 4 nitrogen and oxygen atoms in total. The van der Waals surface area contributed by atoms with Crippen LogP contribution in [0.3, 0.4) is 0 Å². The van der Waals surface area contributed by atoms with Crippen LogP contribution in [0.25, 0.3) is 0 Å². The average Bonchev–Trinajstić information content (AvgIpc) is 2.81. The van der Waals surface area contributed by atoms with Gasteiger partial charge in [-0.1, -0.05) is 6.42 Å². The molecule has 1 aliphatic heterocycles. The zero-order valence-electron chi connectivity index (χ0n) is 11.5. The molecule has 0 aromatic rings. The summed E-state index contributed by atoms with van der Waals surface area (Å²) in [6.45, 7) is 5.48. The third-order valence-corrected chi connectivity index (χ3v) is 4.20. The summed E-state index contributed by atoms with van der Waals surface area (Å²) >= 11 is 0. The first-order valence-electron chi connectivity index (χ1n) is 7.43. The molecule has 2 fully saturated rings. The van der Waals surface area contributed by atoms with Crippen molar-refractivity contribution in [3.05, 3.63) is 0 Å². The summed E-state index contributed by atoms with van der Waals surface area (Å²) in [5.41, 5.74) is 5.94. The lowest BCUT2D eigenvalue weighted by molar-refractivity contribution is -0.126. The fourth-order valence-electron chi connectivity index (χ4n) is 3.22. The Balaban J connectivity index is 1.72. The standard InChI is InChI=1S/C14H27N3O/c1-11(10-17-7-2-3-8-17)16-14(18)12-5-4-6-13(15)9-12/h11-13H,2-10,15H2,1H3,(H,16,18). The minimum absolute atomic E-state index is 0.148. The van der Waals surface area contributed by atoms with Gasteiger partial charge >= 0.3 is 0 Å². The monoisotopic (exact) mass is 253 g/mol. The summed E-state index contributed by atoms with van der Waals surface area (Å²) in [7, 11) is 0. The fourth-order valence-corrected chi connectivity index (χ4v) is 3.22. The summed E-state index contributed by atoms with van der Waals surface area (Å²) in [5.74, 6) is 0.367. The highest BCUT2D eigenvalue weighted by molar-refractivity contribution is 5.79. The number of nitrogens with two attached hydrogens (primary N) is 1. The Morgan fingerprint density at radius 1 is 1.33 bits per heavy atom. The van der Waals surface area contributed by atoms with Crippen LogP contribution in [0.1, 0.15) is 45.4 Å². The second-order valence-electron chi connectivity index (χ2n) is 6.04. The molecule has 2 aliphatic rings. The molecule has 1 aliphatic carbocycles. The molecule has 1 saturated carbocycles. The van der Waals surface area contributed by atoms with Gasteiger partial charge in [0.15, 0.2) is 0 Å². The van der Waals surface area contributed by atoms with Gasteiger partial charge in [0.05, 0.1) is 0 Å². The maximum absolute atomic E-state index is 12.1. The third-order valence-electron chi connectivity index (χ3n) is 4.20. The molecule has 0 aromatic heterocycles. The van der Waals surface area contributed by atoms with Crippen LogP contribution >= 0.6 is 0 Å². The summed E-state index contributed by atoms with van der Waals surface area (Å²) in [6.07, 6.45) is 6.65. The van der Waals surface area contributed by atoms with Crippen molar-refractivity contribution in [3.63, 3.8) is 0 Å². The molecule has 104 valence electrons. The molecular formula is C14H27N3O. The zero-order valence-corrected chi connectivity index (χ0v) is 11.5. The number of carbonyl (C=O) groups excluding carboxylic acids is 1. The Bertz CT molecular complexity index is 276. The number of hydrogen-bond acceptors (Lipinski definition) is 3. The Morgan fingerprint density at radius 2 is 2.06 bits per heavy atom. The van der Waals surface area contributed by atoms with Crippen molar-refractivity contribution in [2.24, 2.45) is 11.7 Å². The molecule has 18 heavy (non-hydrogen) atoms. The second kappa shape index (κ2) is 6.53. The van der Waals surface area contributed by atoms with Crippen molar-refractivity contribution in [3.8, 4) is 0 Å². The highest BCUT2D eigenvalue weighted by atomic mass is 16.1. The van der Waals surface area contributed by atoms with Crippen LogP contribution < -0.4 is 11.1 Å². The van der Waals surface area contributed by atoms with E-state index in [1.807, 2.05) is 0 Å². The van der Waals surface area contributed by atoms with Crippen molar-refractivity contribution in [2.75, 3.05) is 19.6 Å². The van der Waals surface area contributed by atoms with Gasteiger partial charge in [0.25, 0.3) is 0 Å². The van der Waals surface area contributed by atoms with E-state index in [-0.39, 0.29) is 23.9 Å². The van der Waals surface area contributed by atoms with Crippen molar-refractivity contribution >= 4 is 5.91 Å². The van der Waals surface area contributed by atoms with E-state index < -0.39 is 0 Å². The topological polar surface area (TPSA) is 58.4 Å². The van der Waals surface area contributed by atoms with E-state index in [4.69, 9.17) is 5.73 Å². The van der Waals surface area contributed by atoms with Gasteiger partial charge in [-0.05, 0) is 52.1 Å². The van der Waals surface area contributed by atoms with E-state index >= 15 is 0 Å². The van der Waals surface area contributed by atoms with Crippen LogP contribution in [-0.2, 0) is 4.79 Å². The summed E-state index contributed by atoms with van der Waals surface area (Å²) in [4.78, 5) is 14.6. The van der Waals surface area contributed by atoms with Crippen molar-refractivity contribution in [1.82, 2.24) is 10.2 Å². The Kier molecular flexibility index (Phi) is 5.01. The van der Waals surface area contributed by atoms with Gasteiger partial charge in [0.2, 0.25) is 5.91 Å². The molecule has 1 heterocycles. The first-order valence-corrected chi connectivity index (χ1v) is 7.43. The van der Waals surface area contributed by atoms with E-state index in [1.54, 1.807) is 0 Å². The van der Waals surface area contributed by atoms with Crippen molar-refractivity contribution < 1.29 is 4.79 Å². The van der Waals surface area contributed by atoms with E-state index in [2.05, 4.69) is 17.1 Å². The smallest absolute Gasteiger partial charge is 0.223 e. The van der Waals surface area contributed by atoms with E-state index in [0.29, 0.717) is 0 Å². The SMILES string of the molecule is CC(CN1CCCC1)NC(=O)C1CCCC(N)C1. The molecule has 3 atom stereocenters. The van der Waals surface area contributed by atoms with E-state index in [9.17, 15) is 4.79 Å². The normalized spacial score (nSPS) is 31.2. The van der Waals surface area contributed by atoms with Gasteiger partial charge < -0.3 is 16.0 Å². The molecule has 3 N–H and O–H groups in total. The van der Waals surface area contributed by atoms with Crippen LogP contribution in [0, 0.1) is 5.92 Å². The van der Waals surface area contributed by atoms with Gasteiger partial charge in [-0.3, -0.25) is 4.79 Å². The Hall–Kier alpha value is -0.610.